The van der Waals surface area contributed by atoms with Crippen molar-refractivity contribution in [3.05, 3.63) is 38.7 Å². The molecule has 0 saturated heterocycles. The van der Waals surface area contributed by atoms with Gasteiger partial charge < -0.3 is 0 Å². The molecule has 3 nitrogen and oxygen atoms in total. The van der Waals surface area contributed by atoms with Gasteiger partial charge in [-0.3, -0.25) is 4.98 Å². The first kappa shape index (κ1) is 14.9. The summed E-state index contributed by atoms with van der Waals surface area (Å²) in [5, 5.41) is 0. The van der Waals surface area contributed by atoms with Crippen LogP contribution in [0.3, 0.4) is 0 Å². The van der Waals surface area contributed by atoms with Crippen LogP contribution in [0.25, 0.3) is 11.5 Å². The predicted molar refractivity (Wildman–Crippen MR) is 84.3 cm³/mol. The smallest absolute Gasteiger partial charge is 0.179 e. The Morgan fingerprint density at radius 1 is 1.21 bits per heavy atom. The zero-order chi connectivity index (χ0) is 14.0. The molecule has 0 aromatic carbocycles. The van der Waals surface area contributed by atoms with Gasteiger partial charge in [-0.2, -0.15) is 0 Å². The van der Waals surface area contributed by atoms with Crippen LogP contribution in [0, 0.1) is 0 Å². The van der Waals surface area contributed by atoms with E-state index in [1.165, 1.54) is 0 Å². The molecular weight excluding hydrogens is 393 g/mol. The van der Waals surface area contributed by atoms with Crippen molar-refractivity contribution in [3.63, 3.8) is 0 Å². The molecule has 0 amide bonds. The maximum Gasteiger partial charge on any atom is 0.179 e. The van der Waals surface area contributed by atoms with Crippen molar-refractivity contribution in [1.82, 2.24) is 15.0 Å². The van der Waals surface area contributed by atoms with Crippen LogP contribution in [-0.2, 0) is 5.88 Å². The van der Waals surface area contributed by atoms with Gasteiger partial charge in [-0.05, 0) is 43.8 Å². The Kier molecular flexibility index (Phi) is 4.92. The van der Waals surface area contributed by atoms with Crippen molar-refractivity contribution in [2.75, 3.05) is 0 Å². The average molecular weight is 406 g/mol. The Hall–Kier alpha value is -0.520. The van der Waals surface area contributed by atoms with Crippen LogP contribution in [-0.4, -0.2) is 15.0 Å². The second-order valence-electron chi connectivity index (χ2n) is 4.38. The number of hydrogen-bond donors (Lipinski definition) is 0. The van der Waals surface area contributed by atoms with E-state index in [2.05, 4.69) is 60.7 Å². The van der Waals surface area contributed by atoms with Crippen molar-refractivity contribution in [2.45, 2.75) is 25.6 Å². The first-order valence-corrected chi connectivity index (χ1v) is 7.88. The second kappa shape index (κ2) is 6.29. The van der Waals surface area contributed by atoms with Gasteiger partial charge >= 0.3 is 0 Å². The fourth-order valence-electron chi connectivity index (χ4n) is 1.72. The highest BCUT2D eigenvalue weighted by atomic mass is 79.9. The molecule has 2 rings (SSSR count). The van der Waals surface area contributed by atoms with E-state index in [0.29, 0.717) is 17.6 Å². The van der Waals surface area contributed by atoms with Crippen LogP contribution in [0.2, 0.25) is 0 Å². The molecular formula is C13H12Br2ClN3. The number of rotatable bonds is 3. The molecule has 0 spiro atoms. The van der Waals surface area contributed by atoms with E-state index in [1.807, 2.05) is 6.07 Å². The standard InChI is InChI=1S/C13H12Br2ClN3/c1-7(2)11-8(4-16)5-18-13(19-11)12-10(15)3-9(14)6-17-12/h3,5-7H,4H2,1-2H3. The molecule has 100 valence electrons. The summed E-state index contributed by atoms with van der Waals surface area (Å²) >= 11 is 12.8. The highest BCUT2D eigenvalue weighted by Gasteiger charge is 2.14. The van der Waals surface area contributed by atoms with Gasteiger partial charge in [-0.25, -0.2) is 9.97 Å². The zero-order valence-electron chi connectivity index (χ0n) is 10.5. The number of nitrogens with zero attached hydrogens (tertiary/aromatic N) is 3. The molecule has 0 N–H and O–H groups in total. The Morgan fingerprint density at radius 3 is 2.53 bits per heavy atom. The molecule has 6 heteroatoms. The van der Waals surface area contributed by atoms with Crippen molar-refractivity contribution < 1.29 is 0 Å². The summed E-state index contributed by atoms with van der Waals surface area (Å²) in [5.41, 5.74) is 2.66. The van der Waals surface area contributed by atoms with Crippen LogP contribution in [0.4, 0.5) is 0 Å². The van der Waals surface area contributed by atoms with E-state index in [-0.39, 0.29) is 0 Å². The minimum Gasteiger partial charge on any atom is -0.251 e. The lowest BCUT2D eigenvalue weighted by molar-refractivity contribution is 0.800. The third-order valence-corrected chi connectivity index (χ3v) is 3.93. The molecule has 0 unspecified atom stereocenters. The van der Waals surface area contributed by atoms with Gasteiger partial charge in [0.2, 0.25) is 0 Å². The van der Waals surface area contributed by atoms with Crippen molar-refractivity contribution in [1.29, 1.82) is 0 Å². The third kappa shape index (κ3) is 3.33. The Bertz CT molecular complexity index is 602. The summed E-state index contributed by atoms with van der Waals surface area (Å²) < 4.78 is 1.76. The summed E-state index contributed by atoms with van der Waals surface area (Å²) in [5.74, 6) is 1.32. The molecule has 0 fully saturated rings. The molecule has 0 saturated carbocycles. The van der Waals surface area contributed by atoms with E-state index >= 15 is 0 Å². The Balaban J connectivity index is 2.54. The summed E-state index contributed by atoms with van der Waals surface area (Å²) in [7, 11) is 0. The van der Waals surface area contributed by atoms with Gasteiger partial charge in [0.05, 0.1) is 11.6 Å². The van der Waals surface area contributed by atoms with Gasteiger partial charge in [0, 0.05) is 26.9 Å². The largest absolute Gasteiger partial charge is 0.251 e. The van der Waals surface area contributed by atoms with E-state index in [0.717, 1.165) is 25.9 Å². The van der Waals surface area contributed by atoms with Crippen LogP contribution in [0.15, 0.2) is 27.4 Å². The lowest BCUT2D eigenvalue weighted by atomic mass is 10.1. The molecule has 0 aliphatic carbocycles. The van der Waals surface area contributed by atoms with Gasteiger partial charge in [-0.1, -0.05) is 13.8 Å². The van der Waals surface area contributed by atoms with Gasteiger partial charge in [0.15, 0.2) is 5.82 Å². The van der Waals surface area contributed by atoms with Gasteiger partial charge in [0.25, 0.3) is 0 Å². The maximum absolute atomic E-state index is 5.92. The van der Waals surface area contributed by atoms with Crippen LogP contribution in [0.5, 0.6) is 0 Å². The zero-order valence-corrected chi connectivity index (χ0v) is 14.4. The molecule has 2 heterocycles. The van der Waals surface area contributed by atoms with Gasteiger partial charge in [-0.15, -0.1) is 11.6 Å². The average Bonchev–Trinajstić information content (AvgIpc) is 2.38. The first-order chi connectivity index (χ1) is 9.02. The molecule has 0 radical (unpaired) electrons. The fraction of sp³-hybridized carbons (Fsp3) is 0.308. The van der Waals surface area contributed by atoms with Crippen molar-refractivity contribution in [2.24, 2.45) is 0 Å². The van der Waals surface area contributed by atoms with E-state index in [1.54, 1.807) is 12.4 Å². The number of halogens is 3. The van der Waals surface area contributed by atoms with Crippen LogP contribution >= 0.6 is 43.5 Å². The number of alkyl halides is 1. The molecule has 0 bridgehead atoms. The molecule has 0 aliphatic heterocycles. The monoisotopic (exact) mass is 403 g/mol. The van der Waals surface area contributed by atoms with E-state index in [4.69, 9.17) is 11.6 Å². The summed E-state index contributed by atoms with van der Waals surface area (Å²) in [4.78, 5) is 13.3. The quantitative estimate of drug-likeness (QED) is 0.680. The minimum atomic E-state index is 0.296. The summed E-state index contributed by atoms with van der Waals surface area (Å²) in [6.45, 7) is 4.18. The molecule has 0 aliphatic rings. The predicted octanol–water partition coefficient (Wildman–Crippen LogP) is 4.93. The number of pyridine rings is 1. The Morgan fingerprint density at radius 2 is 1.95 bits per heavy atom. The SMILES string of the molecule is CC(C)c1nc(-c2ncc(Br)cc2Br)ncc1CCl. The lowest BCUT2D eigenvalue weighted by Gasteiger charge is -2.11. The number of aromatic nitrogens is 3. The normalized spacial score (nSPS) is 11.1. The first-order valence-electron chi connectivity index (χ1n) is 5.76. The third-order valence-electron chi connectivity index (χ3n) is 2.61. The van der Waals surface area contributed by atoms with Crippen LogP contribution < -0.4 is 0 Å². The van der Waals surface area contributed by atoms with E-state index in [9.17, 15) is 0 Å². The second-order valence-corrected chi connectivity index (χ2v) is 6.41. The Labute approximate surface area is 134 Å². The minimum absolute atomic E-state index is 0.296. The fourth-order valence-corrected chi connectivity index (χ4v) is 3.09. The van der Waals surface area contributed by atoms with E-state index < -0.39 is 0 Å². The van der Waals surface area contributed by atoms with Crippen LogP contribution in [0.1, 0.15) is 31.0 Å². The van der Waals surface area contributed by atoms with Gasteiger partial charge in [0.1, 0.15) is 5.69 Å². The molecule has 2 aromatic rings. The molecule has 2 aromatic heterocycles. The highest BCUT2D eigenvalue weighted by molar-refractivity contribution is 9.11. The van der Waals surface area contributed by atoms with Crippen molar-refractivity contribution >= 4 is 43.5 Å². The molecule has 19 heavy (non-hydrogen) atoms. The van der Waals surface area contributed by atoms with Crippen molar-refractivity contribution in [3.8, 4) is 11.5 Å². The maximum atomic E-state index is 5.92. The molecule has 0 atom stereocenters. The highest BCUT2D eigenvalue weighted by Crippen LogP contribution is 2.28. The summed E-state index contributed by atoms with van der Waals surface area (Å²) in [6, 6.07) is 1.93. The summed E-state index contributed by atoms with van der Waals surface area (Å²) in [6.07, 6.45) is 3.51. The topological polar surface area (TPSA) is 38.7 Å². The lowest BCUT2D eigenvalue weighted by Crippen LogP contribution is -2.03. The number of hydrogen-bond acceptors (Lipinski definition) is 3.